The highest BCUT2D eigenvalue weighted by Gasteiger charge is 2.14. The summed E-state index contributed by atoms with van der Waals surface area (Å²) in [7, 11) is 0. The second-order valence-corrected chi connectivity index (χ2v) is 6.21. The van der Waals surface area contributed by atoms with Crippen molar-refractivity contribution in [2.45, 2.75) is 6.54 Å². The lowest BCUT2D eigenvalue weighted by atomic mass is 10.2. The largest absolute Gasteiger partial charge is 0.452 e. The van der Waals surface area contributed by atoms with Crippen molar-refractivity contribution in [3.63, 3.8) is 0 Å². The van der Waals surface area contributed by atoms with Gasteiger partial charge in [-0.15, -0.1) is 0 Å². The molecule has 0 aliphatic carbocycles. The highest BCUT2D eigenvalue weighted by Crippen LogP contribution is 2.16. The molecule has 3 aromatic rings. The molecule has 0 fully saturated rings. The van der Waals surface area contributed by atoms with Crippen LogP contribution in [0.2, 0.25) is 5.02 Å². The lowest BCUT2D eigenvalue weighted by molar-refractivity contribution is -0.119. The molecule has 1 N–H and O–H groups in total. The molecule has 0 bridgehead atoms. The Morgan fingerprint density at radius 1 is 1.14 bits per heavy atom. The maximum atomic E-state index is 13.1. The third-order valence-electron chi connectivity index (χ3n) is 3.64. The average molecular weight is 406 g/mol. The molecule has 3 rings (SSSR count). The minimum absolute atomic E-state index is 0.0777. The normalized spacial score (nSPS) is 10.5. The molecule has 0 atom stereocenters. The SMILES string of the molecule is O=C(COC(=O)c1cnn(Cc2ccccc2Cl)c1)Nc1cc(F)cc(F)c1. The van der Waals surface area contributed by atoms with Crippen LogP contribution in [0.3, 0.4) is 0 Å². The van der Waals surface area contributed by atoms with Gasteiger partial charge in [-0.2, -0.15) is 5.10 Å². The van der Waals surface area contributed by atoms with E-state index in [1.54, 1.807) is 12.1 Å². The molecule has 0 saturated carbocycles. The fourth-order valence-corrected chi connectivity index (χ4v) is 2.59. The number of anilines is 1. The smallest absolute Gasteiger partial charge is 0.341 e. The van der Waals surface area contributed by atoms with Crippen molar-refractivity contribution < 1.29 is 23.1 Å². The highest BCUT2D eigenvalue weighted by atomic mass is 35.5. The predicted octanol–water partition coefficient (Wildman–Crippen LogP) is 3.66. The number of nitrogens with zero attached hydrogens (tertiary/aromatic N) is 2. The van der Waals surface area contributed by atoms with E-state index < -0.39 is 30.1 Å². The van der Waals surface area contributed by atoms with Gasteiger partial charge in [0.1, 0.15) is 11.6 Å². The molecular formula is C19H14ClF2N3O3. The van der Waals surface area contributed by atoms with Gasteiger partial charge in [-0.3, -0.25) is 9.48 Å². The van der Waals surface area contributed by atoms with Crippen molar-refractivity contribution in [2.75, 3.05) is 11.9 Å². The quantitative estimate of drug-likeness (QED) is 0.635. The molecule has 0 aliphatic rings. The van der Waals surface area contributed by atoms with Crippen LogP contribution in [0.25, 0.3) is 0 Å². The molecule has 1 aromatic heterocycles. The number of esters is 1. The van der Waals surface area contributed by atoms with E-state index in [0.717, 1.165) is 17.7 Å². The summed E-state index contributed by atoms with van der Waals surface area (Å²) in [6.07, 6.45) is 2.77. The number of ether oxygens (including phenoxy) is 1. The Balaban J connectivity index is 1.54. The summed E-state index contributed by atoms with van der Waals surface area (Å²) in [5.41, 5.74) is 0.900. The first-order valence-corrected chi connectivity index (χ1v) is 8.47. The molecule has 6 nitrogen and oxygen atoms in total. The third kappa shape index (κ3) is 5.14. The van der Waals surface area contributed by atoms with Gasteiger partial charge in [0.05, 0.1) is 18.3 Å². The van der Waals surface area contributed by atoms with Gasteiger partial charge in [0.25, 0.3) is 5.91 Å². The van der Waals surface area contributed by atoms with E-state index in [2.05, 4.69) is 10.4 Å². The van der Waals surface area contributed by atoms with Gasteiger partial charge in [0, 0.05) is 23.0 Å². The number of amides is 1. The Labute approximate surface area is 163 Å². The Morgan fingerprint density at radius 3 is 2.57 bits per heavy atom. The predicted molar refractivity (Wildman–Crippen MR) is 98.1 cm³/mol. The number of rotatable bonds is 6. The molecule has 1 heterocycles. The van der Waals surface area contributed by atoms with E-state index in [4.69, 9.17) is 16.3 Å². The molecule has 0 unspecified atom stereocenters. The van der Waals surface area contributed by atoms with Crippen molar-refractivity contribution >= 4 is 29.2 Å². The summed E-state index contributed by atoms with van der Waals surface area (Å²) < 4.78 is 32.6. The highest BCUT2D eigenvalue weighted by molar-refractivity contribution is 6.31. The molecule has 2 aromatic carbocycles. The number of halogens is 3. The van der Waals surface area contributed by atoms with E-state index in [0.29, 0.717) is 17.6 Å². The van der Waals surface area contributed by atoms with Gasteiger partial charge >= 0.3 is 5.97 Å². The van der Waals surface area contributed by atoms with Crippen LogP contribution in [0.15, 0.2) is 54.9 Å². The van der Waals surface area contributed by atoms with Crippen LogP contribution in [0, 0.1) is 11.6 Å². The zero-order chi connectivity index (χ0) is 20.1. The maximum absolute atomic E-state index is 13.1. The number of aromatic nitrogens is 2. The molecule has 0 radical (unpaired) electrons. The minimum atomic E-state index is -0.835. The van der Waals surface area contributed by atoms with E-state index in [9.17, 15) is 18.4 Å². The van der Waals surface area contributed by atoms with E-state index in [1.807, 2.05) is 12.1 Å². The fraction of sp³-hybridized carbons (Fsp3) is 0.105. The number of benzene rings is 2. The number of carbonyl (C=O) groups excluding carboxylic acids is 2. The van der Waals surface area contributed by atoms with Crippen LogP contribution in [0.5, 0.6) is 0 Å². The summed E-state index contributed by atoms with van der Waals surface area (Å²) in [5, 5.41) is 6.88. The van der Waals surface area contributed by atoms with Gasteiger partial charge in [-0.1, -0.05) is 29.8 Å². The van der Waals surface area contributed by atoms with Crippen LogP contribution < -0.4 is 5.32 Å². The summed E-state index contributed by atoms with van der Waals surface area (Å²) >= 11 is 6.09. The van der Waals surface area contributed by atoms with Gasteiger partial charge in [-0.05, 0) is 23.8 Å². The number of hydrogen-bond acceptors (Lipinski definition) is 4. The number of nitrogens with one attached hydrogen (secondary N) is 1. The van der Waals surface area contributed by atoms with Crippen LogP contribution in [-0.4, -0.2) is 28.3 Å². The monoisotopic (exact) mass is 405 g/mol. The van der Waals surface area contributed by atoms with Crippen molar-refractivity contribution in [1.29, 1.82) is 0 Å². The van der Waals surface area contributed by atoms with Crippen LogP contribution in [-0.2, 0) is 16.1 Å². The van der Waals surface area contributed by atoms with Crippen LogP contribution in [0.1, 0.15) is 15.9 Å². The zero-order valence-corrected chi connectivity index (χ0v) is 15.1. The molecule has 144 valence electrons. The lowest BCUT2D eigenvalue weighted by Crippen LogP contribution is -2.21. The molecule has 0 aliphatic heterocycles. The van der Waals surface area contributed by atoms with Crippen molar-refractivity contribution in [1.82, 2.24) is 9.78 Å². The fourth-order valence-electron chi connectivity index (χ4n) is 2.39. The molecule has 9 heteroatoms. The summed E-state index contributed by atoms with van der Waals surface area (Å²) in [6.45, 7) is -0.259. The Hall–Kier alpha value is -3.26. The summed E-state index contributed by atoms with van der Waals surface area (Å²) in [5.74, 6) is -3.16. The van der Waals surface area contributed by atoms with Crippen molar-refractivity contribution in [2.24, 2.45) is 0 Å². The molecular weight excluding hydrogens is 392 g/mol. The van der Waals surface area contributed by atoms with Crippen molar-refractivity contribution in [3.05, 3.63) is 82.6 Å². The van der Waals surface area contributed by atoms with Crippen LogP contribution >= 0.6 is 11.6 Å². The molecule has 0 spiro atoms. The maximum Gasteiger partial charge on any atom is 0.341 e. The van der Waals surface area contributed by atoms with Gasteiger partial charge in [0.15, 0.2) is 6.61 Å². The van der Waals surface area contributed by atoms with Gasteiger partial charge in [-0.25, -0.2) is 13.6 Å². The zero-order valence-electron chi connectivity index (χ0n) is 14.4. The Bertz CT molecular complexity index is 1000. The summed E-state index contributed by atoms with van der Waals surface area (Å²) in [4.78, 5) is 23.8. The van der Waals surface area contributed by atoms with E-state index in [1.165, 1.54) is 17.1 Å². The van der Waals surface area contributed by atoms with E-state index in [-0.39, 0.29) is 11.3 Å². The first kappa shape index (κ1) is 19.5. The van der Waals surface area contributed by atoms with Gasteiger partial charge < -0.3 is 10.1 Å². The summed E-state index contributed by atoms with van der Waals surface area (Å²) in [6, 6.07) is 9.79. The average Bonchev–Trinajstić information content (AvgIpc) is 3.09. The first-order valence-electron chi connectivity index (χ1n) is 8.09. The Kier molecular flexibility index (Phi) is 6.00. The first-order chi connectivity index (χ1) is 13.4. The second-order valence-electron chi connectivity index (χ2n) is 5.80. The lowest BCUT2D eigenvalue weighted by Gasteiger charge is -2.06. The topological polar surface area (TPSA) is 73.2 Å². The van der Waals surface area contributed by atoms with Gasteiger partial charge in [0.2, 0.25) is 0 Å². The second kappa shape index (κ2) is 8.62. The molecule has 28 heavy (non-hydrogen) atoms. The third-order valence-corrected chi connectivity index (χ3v) is 4.01. The van der Waals surface area contributed by atoms with Crippen LogP contribution in [0.4, 0.5) is 14.5 Å². The Morgan fingerprint density at radius 2 is 1.86 bits per heavy atom. The molecule has 1 amide bonds. The number of carbonyl (C=O) groups is 2. The minimum Gasteiger partial charge on any atom is -0.452 e. The molecule has 0 saturated heterocycles. The standard InChI is InChI=1S/C19H14ClF2N3O3/c20-17-4-2-1-3-12(17)9-25-10-13(8-23-25)19(27)28-11-18(26)24-16-6-14(21)5-15(22)7-16/h1-8,10H,9,11H2,(H,24,26). The van der Waals surface area contributed by atoms with E-state index >= 15 is 0 Å². The van der Waals surface area contributed by atoms with Crippen molar-refractivity contribution in [3.8, 4) is 0 Å². The number of hydrogen-bond donors (Lipinski definition) is 1.